The van der Waals surface area contributed by atoms with E-state index in [2.05, 4.69) is 20.6 Å². The minimum absolute atomic E-state index is 0.000261. The molecule has 2 aromatic carbocycles. The maximum Gasteiger partial charge on any atom is 0.339 e. The number of methoxy groups -OCH3 is 1. The molecule has 2 N–H and O–H groups in total. The van der Waals surface area contributed by atoms with Crippen molar-refractivity contribution >= 4 is 29.2 Å². The zero-order valence-electron chi connectivity index (χ0n) is 15.5. The number of hydrogen-bond acceptors (Lipinski definition) is 6. The fraction of sp³-hybridized carbons (Fsp3) is 0.100. The Balaban J connectivity index is 1.86. The molecule has 7 nitrogen and oxygen atoms in total. The molecular weight excluding hydrogens is 382 g/mol. The summed E-state index contributed by atoms with van der Waals surface area (Å²) in [5.41, 5.74) is 1.23. The van der Waals surface area contributed by atoms with E-state index in [4.69, 9.17) is 4.74 Å². The van der Waals surface area contributed by atoms with E-state index >= 15 is 0 Å². The van der Waals surface area contributed by atoms with Crippen molar-refractivity contribution in [2.24, 2.45) is 0 Å². The maximum absolute atomic E-state index is 13.3. The Hall–Kier alpha value is -3.88. The molecule has 0 spiro atoms. The molecule has 0 unspecified atom stereocenters. The Morgan fingerprint density at radius 3 is 2.48 bits per heavy atom. The van der Waals surface area contributed by atoms with E-state index in [1.54, 1.807) is 31.2 Å². The number of aromatic nitrogens is 2. The van der Waals surface area contributed by atoms with Crippen molar-refractivity contribution in [1.82, 2.24) is 9.97 Å². The second kappa shape index (κ2) is 8.42. The summed E-state index contributed by atoms with van der Waals surface area (Å²) in [6.45, 7) is 1.66. The van der Waals surface area contributed by atoms with Crippen LogP contribution in [0.5, 0.6) is 0 Å². The monoisotopic (exact) mass is 398 g/mol. The molecule has 0 saturated heterocycles. The Kier molecular flexibility index (Phi) is 5.77. The van der Waals surface area contributed by atoms with Gasteiger partial charge in [0.2, 0.25) is 5.95 Å². The first-order valence-electron chi connectivity index (χ1n) is 8.44. The molecule has 1 aromatic heterocycles. The van der Waals surface area contributed by atoms with Gasteiger partial charge in [0.05, 0.1) is 18.4 Å². The highest BCUT2D eigenvalue weighted by molar-refractivity contribution is 6.03. The molecule has 3 rings (SSSR count). The van der Waals surface area contributed by atoms with Gasteiger partial charge in [0.1, 0.15) is 5.69 Å². The summed E-state index contributed by atoms with van der Waals surface area (Å²) < 4.78 is 31.1. The van der Waals surface area contributed by atoms with Crippen molar-refractivity contribution in [3.05, 3.63) is 77.1 Å². The standard InChI is InChI=1S/C20H16F2N4O3/c1-11-9-17(18(27)24-12-7-8-14(21)15(22)10-12)26-20(23-11)25-16-6-4-3-5-13(16)19(28)29-2/h3-10H,1-2H3,(H,24,27)(H,23,25,26). The molecule has 0 fully saturated rings. The third-order valence-electron chi connectivity index (χ3n) is 3.84. The number of rotatable bonds is 5. The number of carbonyl (C=O) groups is 2. The first-order chi connectivity index (χ1) is 13.9. The van der Waals surface area contributed by atoms with Crippen molar-refractivity contribution in [3.8, 4) is 0 Å². The second-order valence-corrected chi connectivity index (χ2v) is 5.96. The lowest BCUT2D eigenvalue weighted by Gasteiger charge is -2.11. The number of esters is 1. The number of hydrogen-bond donors (Lipinski definition) is 2. The van der Waals surface area contributed by atoms with Crippen molar-refractivity contribution < 1.29 is 23.1 Å². The normalized spacial score (nSPS) is 10.3. The van der Waals surface area contributed by atoms with Crippen LogP contribution in [0.2, 0.25) is 0 Å². The van der Waals surface area contributed by atoms with E-state index in [1.165, 1.54) is 19.2 Å². The van der Waals surface area contributed by atoms with Gasteiger partial charge in [-0.25, -0.2) is 23.5 Å². The average molecular weight is 398 g/mol. The van der Waals surface area contributed by atoms with Crippen molar-refractivity contribution in [1.29, 1.82) is 0 Å². The van der Waals surface area contributed by atoms with E-state index < -0.39 is 23.5 Å². The molecule has 0 saturated carbocycles. The molecule has 29 heavy (non-hydrogen) atoms. The molecule has 0 bridgehead atoms. The Bertz CT molecular complexity index is 1090. The van der Waals surface area contributed by atoms with Gasteiger partial charge in [-0.15, -0.1) is 0 Å². The van der Waals surface area contributed by atoms with Crippen molar-refractivity contribution in [2.75, 3.05) is 17.7 Å². The molecule has 0 aliphatic heterocycles. The summed E-state index contributed by atoms with van der Waals surface area (Å²) in [5.74, 6) is -3.19. The fourth-order valence-electron chi connectivity index (χ4n) is 2.51. The highest BCUT2D eigenvalue weighted by Crippen LogP contribution is 2.20. The first-order valence-corrected chi connectivity index (χ1v) is 8.44. The van der Waals surface area contributed by atoms with Crippen molar-refractivity contribution in [2.45, 2.75) is 6.92 Å². The van der Waals surface area contributed by atoms with Crippen LogP contribution in [0.15, 0.2) is 48.5 Å². The number of amides is 1. The number of anilines is 3. The maximum atomic E-state index is 13.3. The van der Waals surface area contributed by atoms with Crippen LogP contribution in [0.25, 0.3) is 0 Å². The van der Waals surface area contributed by atoms with Gasteiger partial charge in [0.25, 0.3) is 5.91 Å². The van der Waals surface area contributed by atoms with Gasteiger partial charge in [-0.05, 0) is 37.3 Å². The van der Waals surface area contributed by atoms with Crippen LogP contribution in [-0.2, 0) is 4.74 Å². The number of halogens is 2. The minimum atomic E-state index is -1.08. The fourth-order valence-corrected chi connectivity index (χ4v) is 2.51. The van der Waals surface area contributed by atoms with Crippen LogP contribution in [0, 0.1) is 18.6 Å². The Morgan fingerprint density at radius 2 is 1.76 bits per heavy atom. The molecule has 0 atom stereocenters. The summed E-state index contributed by atoms with van der Waals surface area (Å²) in [4.78, 5) is 32.7. The predicted octanol–water partition coefficient (Wildman–Crippen LogP) is 3.85. The lowest BCUT2D eigenvalue weighted by atomic mass is 10.2. The summed E-state index contributed by atoms with van der Waals surface area (Å²) in [6.07, 6.45) is 0. The van der Waals surface area contributed by atoms with E-state index in [1.807, 2.05) is 0 Å². The van der Waals surface area contributed by atoms with Gasteiger partial charge >= 0.3 is 5.97 Å². The number of aryl methyl sites for hydroxylation is 1. The summed E-state index contributed by atoms with van der Waals surface area (Å²) >= 11 is 0. The lowest BCUT2D eigenvalue weighted by molar-refractivity contribution is 0.0601. The average Bonchev–Trinajstić information content (AvgIpc) is 2.70. The molecule has 0 aliphatic rings. The zero-order valence-corrected chi connectivity index (χ0v) is 15.5. The lowest BCUT2D eigenvalue weighted by Crippen LogP contribution is -2.16. The van der Waals surface area contributed by atoms with Crippen LogP contribution in [-0.4, -0.2) is 29.0 Å². The van der Waals surface area contributed by atoms with Crippen LogP contribution >= 0.6 is 0 Å². The van der Waals surface area contributed by atoms with Gasteiger partial charge < -0.3 is 15.4 Å². The highest BCUT2D eigenvalue weighted by Gasteiger charge is 2.15. The third kappa shape index (κ3) is 4.70. The predicted molar refractivity (Wildman–Crippen MR) is 102 cm³/mol. The summed E-state index contributed by atoms with van der Waals surface area (Å²) in [5, 5.41) is 5.34. The number of ether oxygens (including phenoxy) is 1. The smallest absolute Gasteiger partial charge is 0.339 e. The van der Waals surface area contributed by atoms with E-state index in [9.17, 15) is 18.4 Å². The Morgan fingerprint density at radius 1 is 1.00 bits per heavy atom. The molecule has 148 valence electrons. The third-order valence-corrected chi connectivity index (χ3v) is 3.84. The number of carbonyl (C=O) groups excluding carboxylic acids is 2. The largest absolute Gasteiger partial charge is 0.465 e. The first kappa shape index (κ1) is 19.9. The molecule has 9 heteroatoms. The minimum Gasteiger partial charge on any atom is -0.465 e. The number of para-hydroxylation sites is 1. The van der Waals surface area contributed by atoms with Gasteiger partial charge in [0, 0.05) is 17.4 Å². The molecule has 1 heterocycles. The molecule has 0 radical (unpaired) electrons. The highest BCUT2D eigenvalue weighted by atomic mass is 19.2. The number of nitrogens with zero attached hydrogens (tertiary/aromatic N) is 2. The van der Waals surface area contributed by atoms with E-state index in [-0.39, 0.29) is 22.9 Å². The summed E-state index contributed by atoms with van der Waals surface area (Å²) in [7, 11) is 1.27. The molecule has 1 amide bonds. The van der Waals surface area contributed by atoms with Gasteiger partial charge in [-0.1, -0.05) is 12.1 Å². The van der Waals surface area contributed by atoms with Crippen LogP contribution < -0.4 is 10.6 Å². The molecular formula is C20H16F2N4O3. The zero-order chi connectivity index (χ0) is 21.0. The van der Waals surface area contributed by atoms with E-state index in [0.29, 0.717) is 11.4 Å². The molecule has 3 aromatic rings. The van der Waals surface area contributed by atoms with E-state index in [0.717, 1.165) is 12.1 Å². The number of benzene rings is 2. The molecule has 0 aliphatic carbocycles. The topological polar surface area (TPSA) is 93.2 Å². The quantitative estimate of drug-likeness (QED) is 0.635. The second-order valence-electron chi connectivity index (χ2n) is 5.96. The summed E-state index contributed by atoms with van der Waals surface area (Å²) in [6, 6.07) is 11.0. The Labute approximate surface area is 164 Å². The van der Waals surface area contributed by atoms with Crippen molar-refractivity contribution in [3.63, 3.8) is 0 Å². The van der Waals surface area contributed by atoms with Gasteiger partial charge in [0.15, 0.2) is 11.6 Å². The van der Waals surface area contributed by atoms with Crippen LogP contribution in [0.3, 0.4) is 0 Å². The SMILES string of the molecule is COC(=O)c1ccccc1Nc1nc(C)cc(C(=O)Nc2ccc(F)c(F)c2)n1. The van der Waals surface area contributed by atoms with Gasteiger partial charge in [-0.2, -0.15) is 0 Å². The van der Waals surface area contributed by atoms with Crippen LogP contribution in [0.1, 0.15) is 26.5 Å². The number of nitrogens with one attached hydrogen (secondary N) is 2. The van der Waals surface area contributed by atoms with Gasteiger partial charge in [-0.3, -0.25) is 4.79 Å². The van der Waals surface area contributed by atoms with Crippen LogP contribution in [0.4, 0.5) is 26.1 Å².